The third-order valence-electron chi connectivity index (χ3n) is 1.96. The molecule has 0 amide bonds. The van der Waals surface area contributed by atoms with Gasteiger partial charge in [0, 0.05) is 16.3 Å². The quantitative estimate of drug-likeness (QED) is 0.671. The number of hydrogen-bond acceptors (Lipinski definition) is 3. The largest absolute Gasteiger partial charge is 0.298 e. The summed E-state index contributed by atoms with van der Waals surface area (Å²) in [7, 11) is 0. The third-order valence-corrected chi connectivity index (χ3v) is 2.94. The number of carbonyl (C=O) groups excluding carboxylic acids is 1. The van der Waals surface area contributed by atoms with E-state index >= 15 is 0 Å². The van der Waals surface area contributed by atoms with Crippen LogP contribution in [0.3, 0.4) is 0 Å². The molecule has 1 heterocycles. The molecular weight excluding hydrogens is 201 g/mol. The Hall–Kier alpha value is -1.73. The molecule has 0 fully saturated rings. The topological polar surface area (TPSA) is 40.9 Å². The van der Waals surface area contributed by atoms with Gasteiger partial charge in [-0.15, -0.1) is 11.3 Å². The zero-order chi connectivity index (χ0) is 10.1. The van der Waals surface area contributed by atoms with Gasteiger partial charge in [-0.05, 0) is 12.1 Å². The van der Waals surface area contributed by atoms with Crippen LogP contribution in [0.15, 0.2) is 17.5 Å². The number of thiophene rings is 1. The number of hydrogen-bond donors (Lipinski definition) is 0. The molecule has 0 unspecified atom stereocenters. The molecule has 0 bridgehead atoms. The van der Waals surface area contributed by atoms with Crippen molar-refractivity contribution in [2.45, 2.75) is 0 Å². The number of carbonyl (C=O) groups is 1. The molecule has 2 rings (SSSR count). The predicted molar refractivity (Wildman–Crippen MR) is 51.9 cm³/mol. The SMILES string of the molecule is N#Cc1ccc(C=O)c2c(F)csc12. The van der Waals surface area contributed by atoms with Crippen LogP contribution in [0.25, 0.3) is 10.1 Å². The Morgan fingerprint density at radius 1 is 1.50 bits per heavy atom. The molecule has 0 N–H and O–H groups in total. The Morgan fingerprint density at radius 3 is 2.93 bits per heavy atom. The number of nitriles is 1. The highest BCUT2D eigenvalue weighted by Gasteiger charge is 2.11. The van der Waals surface area contributed by atoms with Crippen molar-refractivity contribution in [3.63, 3.8) is 0 Å². The number of rotatable bonds is 1. The van der Waals surface area contributed by atoms with Crippen molar-refractivity contribution >= 4 is 27.7 Å². The second-order valence-corrected chi connectivity index (χ2v) is 3.60. The lowest BCUT2D eigenvalue weighted by Crippen LogP contribution is -1.85. The van der Waals surface area contributed by atoms with Crippen LogP contribution >= 0.6 is 11.3 Å². The lowest BCUT2D eigenvalue weighted by atomic mass is 10.1. The van der Waals surface area contributed by atoms with Gasteiger partial charge in [0.2, 0.25) is 0 Å². The summed E-state index contributed by atoms with van der Waals surface area (Å²) in [5.74, 6) is -0.441. The summed E-state index contributed by atoms with van der Waals surface area (Å²) in [5.41, 5.74) is 0.692. The van der Waals surface area contributed by atoms with Gasteiger partial charge < -0.3 is 0 Å². The van der Waals surface area contributed by atoms with Gasteiger partial charge in [-0.25, -0.2) is 4.39 Å². The van der Waals surface area contributed by atoms with E-state index in [1.165, 1.54) is 17.5 Å². The van der Waals surface area contributed by atoms with E-state index < -0.39 is 5.82 Å². The summed E-state index contributed by atoms with van der Waals surface area (Å²) in [5, 5.41) is 10.3. The van der Waals surface area contributed by atoms with Crippen LogP contribution in [0.4, 0.5) is 4.39 Å². The summed E-state index contributed by atoms with van der Waals surface area (Å²) >= 11 is 1.14. The fourth-order valence-corrected chi connectivity index (χ4v) is 2.24. The first-order valence-electron chi connectivity index (χ1n) is 3.83. The van der Waals surface area contributed by atoms with E-state index in [2.05, 4.69) is 0 Å². The number of nitrogens with zero attached hydrogens (tertiary/aromatic N) is 1. The number of fused-ring (bicyclic) bond motifs is 1. The summed E-state index contributed by atoms with van der Waals surface area (Å²) in [4.78, 5) is 10.6. The molecule has 1 aromatic carbocycles. The molecule has 2 aromatic rings. The molecule has 0 saturated heterocycles. The van der Waals surface area contributed by atoms with Crippen LogP contribution < -0.4 is 0 Å². The molecule has 1 aromatic heterocycles. The second-order valence-electron chi connectivity index (χ2n) is 2.72. The van der Waals surface area contributed by atoms with Gasteiger partial charge in [0.25, 0.3) is 0 Å². The minimum Gasteiger partial charge on any atom is -0.298 e. The Morgan fingerprint density at radius 2 is 2.29 bits per heavy atom. The van der Waals surface area contributed by atoms with Crippen LogP contribution in [0.1, 0.15) is 15.9 Å². The van der Waals surface area contributed by atoms with Gasteiger partial charge in [-0.1, -0.05) is 0 Å². The van der Waals surface area contributed by atoms with E-state index in [9.17, 15) is 9.18 Å². The van der Waals surface area contributed by atoms with Crippen molar-refractivity contribution in [1.82, 2.24) is 0 Å². The molecule has 0 spiro atoms. The van der Waals surface area contributed by atoms with Gasteiger partial charge in [-0.3, -0.25) is 4.79 Å². The van der Waals surface area contributed by atoms with Crippen molar-refractivity contribution < 1.29 is 9.18 Å². The van der Waals surface area contributed by atoms with Crippen molar-refractivity contribution in [3.8, 4) is 6.07 Å². The van der Waals surface area contributed by atoms with Crippen molar-refractivity contribution in [1.29, 1.82) is 5.26 Å². The Labute approximate surface area is 83.2 Å². The number of aldehydes is 1. The number of halogens is 1. The van der Waals surface area contributed by atoms with E-state index in [4.69, 9.17) is 5.26 Å². The maximum absolute atomic E-state index is 13.3. The predicted octanol–water partition coefficient (Wildman–Crippen LogP) is 2.72. The summed E-state index contributed by atoms with van der Waals surface area (Å²) in [6.45, 7) is 0. The minimum absolute atomic E-state index is 0.254. The zero-order valence-electron chi connectivity index (χ0n) is 6.95. The number of benzene rings is 1. The third kappa shape index (κ3) is 1.10. The molecule has 0 aliphatic rings. The van der Waals surface area contributed by atoms with E-state index in [1.807, 2.05) is 6.07 Å². The monoisotopic (exact) mass is 205 g/mol. The van der Waals surface area contributed by atoms with E-state index in [-0.39, 0.29) is 10.9 Å². The molecular formula is C10H4FNOS. The van der Waals surface area contributed by atoms with E-state index in [1.54, 1.807) is 0 Å². The van der Waals surface area contributed by atoms with Crippen LogP contribution in [0, 0.1) is 17.1 Å². The van der Waals surface area contributed by atoms with Gasteiger partial charge in [-0.2, -0.15) is 5.26 Å². The summed E-state index contributed by atoms with van der Waals surface area (Å²) in [6, 6.07) is 4.95. The standard InChI is InChI=1S/C10H4FNOS/c11-8-5-14-10-6(3-12)1-2-7(4-13)9(8)10/h1-2,4-5H. The van der Waals surface area contributed by atoms with Crippen molar-refractivity contribution in [2.24, 2.45) is 0 Å². The maximum Gasteiger partial charge on any atom is 0.150 e. The first kappa shape index (κ1) is 8.85. The molecule has 0 aliphatic heterocycles. The normalized spacial score (nSPS) is 10.0. The molecule has 0 saturated carbocycles. The molecule has 0 atom stereocenters. The summed E-state index contributed by atoms with van der Waals surface area (Å²) in [6.07, 6.45) is 0.597. The zero-order valence-corrected chi connectivity index (χ0v) is 7.77. The summed E-state index contributed by atoms with van der Waals surface area (Å²) < 4.78 is 13.8. The Bertz CT molecular complexity index is 553. The van der Waals surface area contributed by atoms with Crippen LogP contribution in [0.5, 0.6) is 0 Å². The van der Waals surface area contributed by atoms with Crippen LogP contribution in [-0.4, -0.2) is 6.29 Å². The maximum atomic E-state index is 13.3. The molecule has 0 radical (unpaired) electrons. The van der Waals surface area contributed by atoms with E-state index in [0.717, 1.165) is 11.3 Å². The molecule has 0 aliphatic carbocycles. The lowest BCUT2D eigenvalue weighted by Gasteiger charge is -1.96. The highest BCUT2D eigenvalue weighted by molar-refractivity contribution is 7.17. The van der Waals surface area contributed by atoms with Crippen molar-refractivity contribution in [2.75, 3.05) is 0 Å². The first-order chi connectivity index (χ1) is 6.77. The van der Waals surface area contributed by atoms with E-state index in [0.29, 0.717) is 16.5 Å². The molecule has 2 nitrogen and oxygen atoms in total. The second kappa shape index (κ2) is 3.20. The minimum atomic E-state index is -0.441. The molecule has 14 heavy (non-hydrogen) atoms. The average Bonchev–Trinajstić information content (AvgIpc) is 2.60. The fourth-order valence-electron chi connectivity index (χ4n) is 1.32. The van der Waals surface area contributed by atoms with Crippen molar-refractivity contribution in [3.05, 3.63) is 34.5 Å². The fraction of sp³-hybridized carbons (Fsp3) is 0. The molecule has 4 heteroatoms. The average molecular weight is 205 g/mol. The Balaban J connectivity index is 2.96. The van der Waals surface area contributed by atoms with Gasteiger partial charge in [0.15, 0.2) is 6.29 Å². The van der Waals surface area contributed by atoms with Gasteiger partial charge in [0.05, 0.1) is 10.3 Å². The van der Waals surface area contributed by atoms with Gasteiger partial charge >= 0.3 is 0 Å². The van der Waals surface area contributed by atoms with Gasteiger partial charge in [0.1, 0.15) is 11.9 Å². The van der Waals surface area contributed by atoms with Crippen LogP contribution in [0.2, 0.25) is 0 Å². The lowest BCUT2D eigenvalue weighted by molar-refractivity contribution is 0.112. The first-order valence-corrected chi connectivity index (χ1v) is 4.71. The highest BCUT2D eigenvalue weighted by atomic mass is 32.1. The smallest absolute Gasteiger partial charge is 0.150 e. The Kier molecular flexibility index (Phi) is 2.02. The molecule has 68 valence electrons. The highest BCUT2D eigenvalue weighted by Crippen LogP contribution is 2.29. The van der Waals surface area contributed by atoms with Crippen LogP contribution in [-0.2, 0) is 0 Å².